The summed E-state index contributed by atoms with van der Waals surface area (Å²) in [4.78, 5) is 28.5. The van der Waals surface area contributed by atoms with Crippen molar-refractivity contribution in [2.24, 2.45) is 0 Å². The fraction of sp³-hybridized carbons (Fsp3) is 0.310. The number of para-hydroxylation sites is 1. The standard InChI is InChI=1S/C29H32Cl2N2O3/c1-2-17-32-29(35)27(20-22-10-5-3-6-11-22)33(21-23-15-16-25(30)26(31)19-23)28(34)14-9-18-36-24-12-7-4-8-13-24/h3-8,10-13,15-16,19,27H,2,9,14,17-18,20-21H2,1H3,(H,32,35). The van der Waals surface area contributed by atoms with Gasteiger partial charge in [0, 0.05) is 25.9 Å². The SMILES string of the molecule is CCCNC(=O)C(Cc1ccccc1)N(Cc1ccc(Cl)c(Cl)c1)C(=O)CCCOc1ccccc1. The van der Waals surface area contributed by atoms with Crippen molar-refractivity contribution in [3.8, 4) is 5.75 Å². The van der Waals surface area contributed by atoms with Crippen LogP contribution in [0.2, 0.25) is 10.0 Å². The van der Waals surface area contributed by atoms with E-state index in [2.05, 4.69) is 5.32 Å². The Hall–Kier alpha value is -3.02. The molecule has 0 saturated carbocycles. The van der Waals surface area contributed by atoms with Crippen LogP contribution in [0.5, 0.6) is 5.75 Å². The molecular weight excluding hydrogens is 495 g/mol. The number of benzene rings is 3. The molecule has 0 spiro atoms. The first-order chi connectivity index (χ1) is 17.5. The van der Waals surface area contributed by atoms with Crippen LogP contribution in [-0.2, 0) is 22.6 Å². The number of amides is 2. The van der Waals surface area contributed by atoms with Crippen LogP contribution in [0.25, 0.3) is 0 Å². The highest BCUT2D eigenvalue weighted by Gasteiger charge is 2.30. The molecule has 1 atom stereocenters. The fourth-order valence-electron chi connectivity index (χ4n) is 3.83. The van der Waals surface area contributed by atoms with Crippen molar-refractivity contribution in [3.05, 3.63) is 100 Å². The molecule has 3 rings (SSSR count). The van der Waals surface area contributed by atoms with Crippen LogP contribution in [0, 0.1) is 0 Å². The van der Waals surface area contributed by atoms with Gasteiger partial charge in [-0.05, 0) is 48.2 Å². The van der Waals surface area contributed by atoms with E-state index in [-0.39, 0.29) is 24.8 Å². The summed E-state index contributed by atoms with van der Waals surface area (Å²) < 4.78 is 5.76. The van der Waals surface area contributed by atoms with Gasteiger partial charge in [0.1, 0.15) is 11.8 Å². The largest absolute Gasteiger partial charge is 0.494 e. The Morgan fingerprint density at radius 1 is 0.917 bits per heavy atom. The van der Waals surface area contributed by atoms with Crippen molar-refractivity contribution < 1.29 is 14.3 Å². The van der Waals surface area contributed by atoms with Gasteiger partial charge in [-0.25, -0.2) is 0 Å². The third-order valence-corrected chi connectivity index (χ3v) is 6.44. The monoisotopic (exact) mass is 526 g/mol. The molecule has 190 valence electrons. The number of nitrogens with one attached hydrogen (secondary N) is 1. The molecule has 0 radical (unpaired) electrons. The van der Waals surface area contributed by atoms with Crippen LogP contribution in [0.3, 0.4) is 0 Å². The van der Waals surface area contributed by atoms with Crippen molar-refractivity contribution in [3.63, 3.8) is 0 Å². The molecule has 36 heavy (non-hydrogen) atoms. The van der Waals surface area contributed by atoms with Crippen molar-refractivity contribution in [2.75, 3.05) is 13.2 Å². The van der Waals surface area contributed by atoms with Crippen molar-refractivity contribution in [1.29, 1.82) is 0 Å². The zero-order valence-corrected chi connectivity index (χ0v) is 22.0. The number of hydrogen-bond donors (Lipinski definition) is 1. The molecule has 0 fully saturated rings. The summed E-state index contributed by atoms with van der Waals surface area (Å²) in [6.07, 6.45) is 1.99. The molecule has 3 aromatic rings. The van der Waals surface area contributed by atoms with Gasteiger partial charge in [-0.15, -0.1) is 0 Å². The Morgan fingerprint density at radius 3 is 2.28 bits per heavy atom. The van der Waals surface area contributed by atoms with Gasteiger partial charge in [0.25, 0.3) is 0 Å². The second kappa shape index (κ2) is 14.5. The lowest BCUT2D eigenvalue weighted by Crippen LogP contribution is -2.50. The lowest BCUT2D eigenvalue weighted by molar-refractivity contribution is -0.141. The minimum Gasteiger partial charge on any atom is -0.494 e. The van der Waals surface area contributed by atoms with Crippen molar-refractivity contribution in [2.45, 2.75) is 45.2 Å². The molecule has 0 aliphatic carbocycles. The Kier molecular flexibility index (Phi) is 11.1. The van der Waals surface area contributed by atoms with E-state index in [4.69, 9.17) is 27.9 Å². The normalized spacial score (nSPS) is 11.5. The lowest BCUT2D eigenvalue weighted by Gasteiger charge is -2.31. The highest BCUT2D eigenvalue weighted by Crippen LogP contribution is 2.24. The second-order valence-corrected chi connectivity index (χ2v) is 9.35. The first-order valence-electron chi connectivity index (χ1n) is 12.2. The third kappa shape index (κ3) is 8.58. The Labute approximate surface area is 223 Å². The Balaban J connectivity index is 1.80. The van der Waals surface area contributed by atoms with E-state index < -0.39 is 6.04 Å². The second-order valence-electron chi connectivity index (χ2n) is 8.53. The zero-order valence-electron chi connectivity index (χ0n) is 20.5. The lowest BCUT2D eigenvalue weighted by atomic mass is 10.0. The van der Waals surface area contributed by atoms with Gasteiger partial charge >= 0.3 is 0 Å². The number of rotatable bonds is 13. The summed E-state index contributed by atoms with van der Waals surface area (Å²) >= 11 is 12.3. The topological polar surface area (TPSA) is 58.6 Å². The van der Waals surface area contributed by atoms with E-state index >= 15 is 0 Å². The molecule has 1 N–H and O–H groups in total. The average Bonchev–Trinajstić information content (AvgIpc) is 2.90. The number of hydrogen-bond acceptors (Lipinski definition) is 3. The molecule has 3 aromatic carbocycles. The fourth-order valence-corrected chi connectivity index (χ4v) is 4.15. The van der Waals surface area contributed by atoms with Crippen LogP contribution in [0.1, 0.15) is 37.3 Å². The Bertz CT molecular complexity index is 1110. The summed E-state index contributed by atoms with van der Waals surface area (Å²) in [5, 5.41) is 3.83. The molecule has 0 aliphatic rings. The number of carbonyl (C=O) groups excluding carboxylic acids is 2. The summed E-state index contributed by atoms with van der Waals surface area (Å²) in [6, 6.07) is 23.8. The van der Waals surface area contributed by atoms with Gasteiger partial charge in [0.15, 0.2) is 0 Å². The number of halogens is 2. The van der Waals surface area contributed by atoms with E-state index in [9.17, 15) is 9.59 Å². The smallest absolute Gasteiger partial charge is 0.243 e. The van der Waals surface area contributed by atoms with Crippen LogP contribution in [0.4, 0.5) is 0 Å². The van der Waals surface area contributed by atoms with E-state index in [1.54, 1.807) is 17.0 Å². The van der Waals surface area contributed by atoms with Crippen LogP contribution < -0.4 is 10.1 Å². The van der Waals surface area contributed by atoms with E-state index in [1.807, 2.05) is 73.7 Å². The van der Waals surface area contributed by atoms with Crippen LogP contribution in [-0.4, -0.2) is 35.9 Å². The summed E-state index contributed by atoms with van der Waals surface area (Å²) in [5.74, 6) is 0.471. The van der Waals surface area contributed by atoms with Gasteiger partial charge in [-0.2, -0.15) is 0 Å². The maximum Gasteiger partial charge on any atom is 0.243 e. The quantitative estimate of drug-likeness (QED) is 0.265. The van der Waals surface area contributed by atoms with Gasteiger partial charge < -0.3 is 15.0 Å². The maximum atomic E-state index is 13.6. The predicted molar refractivity (Wildman–Crippen MR) is 145 cm³/mol. The van der Waals surface area contributed by atoms with Gasteiger partial charge in [0.05, 0.1) is 16.7 Å². The molecular formula is C29H32Cl2N2O3. The van der Waals surface area contributed by atoms with E-state index in [0.717, 1.165) is 23.3 Å². The van der Waals surface area contributed by atoms with Gasteiger partial charge in [-0.3, -0.25) is 9.59 Å². The van der Waals surface area contributed by atoms with Crippen LogP contribution >= 0.6 is 23.2 Å². The molecule has 1 unspecified atom stereocenters. The summed E-state index contributed by atoms with van der Waals surface area (Å²) in [6.45, 7) is 3.19. The minimum absolute atomic E-state index is 0.120. The molecule has 5 nitrogen and oxygen atoms in total. The van der Waals surface area contributed by atoms with Gasteiger partial charge in [-0.1, -0.05) is 84.7 Å². The molecule has 0 aromatic heterocycles. The van der Waals surface area contributed by atoms with Crippen molar-refractivity contribution >= 4 is 35.0 Å². The first kappa shape index (κ1) is 27.6. The molecule has 0 bridgehead atoms. The summed E-state index contributed by atoms with van der Waals surface area (Å²) in [5.41, 5.74) is 1.79. The number of nitrogens with zero attached hydrogens (tertiary/aromatic N) is 1. The first-order valence-corrected chi connectivity index (χ1v) is 13.0. The average molecular weight is 527 g/mol. The van der Waals surface area contributed by atoms with E-state index in [0.29, 0.717) is 36.0 Å². The van der Waals surface area contributed by atoms with Crippen molar-refractivity contribution in [1.82, 2.24) is 10.2 Å². The minimum atomic E-state index is -0.670. The van der Waals surface area contributed by atoms with E-state index in [1.165, 1.54) is 0 Å². The molecule has 0 saturated heterocycles. The number of ether oxygens (including phenoxy) is 1. The molecule has 0 heterocycles. The maximum absolute atomic E-state index is 13.6. The van der Waals surface area contributed by atoms with Crippen LogP contribution in [0.15, 0.2) is 78.9 Å². The molecule has 2 amide bonds. The molecule has 0 aliphatic heterocycles. The highest BCUT2D eigenvalue weighted by molar-refractivity contribution is 6.42. The summed E-state index contributed by atoms with van der Waals surface area (Å²) in [7, 11) is 0. The van der Waals surface area contributed by atoms with Gasteiger partial charge in [0.2, 0.25) is 11.8 Å². The number of carbonyl (C=O) groups is 2. The third-order valence-electron chi connectivity index (χ3n) is 5.70. The predicted octanol–water partition coefficient (Wildman–Crippen LogP) is 6.32. The molecule has 7 heteroatoms. The zero-order chi connectivity index (χ0) is 25.8. The Morgan fingerprint density at radius 2 is 1.61 bits per heavy atom. The highest BCUT2D eigenvalue weighted by atomic mass is 35.5.